The predicted octanol–water partition coefficient (Wildman–Crippen LogP) is 1.50. The molecular formula is C12H25N2O2+. The van der Waals surface area contributed by atoms with Crippen molar-refractivity contribution in [2.24, 2.45) is 4.99 Å². The van der Waals surface area contributed by atoms with E-state index in [2.05, 4.69) is 26.1 Å². The van der Waals surface area contributed by atoms with Crippen LogP contribution in [0.15, 0.2) is 4.99 Å². The van der Waals surface area contributed by atoms with Crippen molar-refractivity contribution >= 4 is 11.7 Å². The van der Waals surface area contributed by atoms with Crippen molar-refractivity contribution in [1.29, 1.82) is 0 Å². The third-order valence-electron chi connectivity index (χ3n) is 2.07. The van der Waals surface area contributed by atoms with E-state index in [9.17, 15) is 4.79 Å². The first-order valence-corrected chi connectivity index (χ1v) is 5.81. The highest BCUT2D eigenvalue weighted by molar-refractivity contribution is 5.97. The number of quaternary nitrogens is 1. The second-order valence-electron chi connectivity index (χ2n) is 4.97. The molecule has 0 saturated heterocycles. The third-order valence-corrected chi connectivity index (χ3v) is 2.07. The number of carbonyl (C=O) groups is 1. The molecule has 16 heavy (non-hydrogen) atoms. The summed E-state index contributed by atoms with van der Waals surface area (Å²) in [5.41, 5.74) is 0.861. The van der Waals surface area contributed by atoms with E-state index in [1.807, 2.05) is 13.8 Å². The minimum atomic E-state index is -0.185. The number of ether oxygens (including phenoxy) is 1. The zero-order valence-corrected chi connectivity index (χ0v) is 11.2. The van der Waals surface area contributed by atoms with Crippen LogP contribution in [0.1, 0.15) is 26.7 Å². The molecule has 0 heterocycles. The maximum absolute atomic E-state index is 11.1. The molecule has 0 fully saturated rings. The zero-order chi connectivity index (χ0) is 12.6. The van der Waals surface area contributed by atoms with E-state index in [0.29, 0.717) is 13.0 Å². The minimum Gasteiger partial charge on any atom is -0.466 e. The summed E-state index contributed by atoms with van der Waals surface area (Å²) in [5, 5.41) is 0. The van der Waals surface area contributed by atoms with Gasteiger partial charge in [0.2, 0.25) is 0 Å². The van der Waals surface area contributed by atoms with Crippen LogP contribution in [-0.4, -0.2) is 57.0 Å². The van der Waals surface area contributed by atoms with Crippen LogP contribution >= 0.6 is 0 Å². The van der Waals surface area contributed by atoms with E-state index >= 15 is 0 Å². The van der Waals surface area contributed by atoms with Crippen LogP contribution in [0, 0.1) is 0 Å². The van der Waals surface area contributed by atoms with Crippen molar-refractivity contribution in [2.45, 2.75) is 26.7 Å². The number of hydrogen-bond acceptors (Lipinski definition) is 3. The first-order chi connectivity index (χ1) is 7.35. The Kier molecular flexibility index (Phi) is 6.97. The molecule has 0 radical (unpaired) electrons. The predicted molar refractivity (Wildman–Crippen MR) is 66.7 cm³/mol. The van der Waals surface area contributed by atoms with E-state index < -0.39 is 0 Å². The molecule has 0 aromatic carbocycles. The van der Waals surface area contributed by atoms with Crippen molar-refractivity contribution in [3.63, 3.8) is 0 Å². The third kappa shape index (κ3) is 9.65. The molecule has 0 spiro atoms. The largest absolute Gasteiger partial charge is 0.466 e. The number of rotatable bonds is 7. The van der Waals surface area contributed by atoms with Crippen molar-refractivity contribution in [3.8, 4) is 0 Å². The van der Waals surface area contributed by atoms with Gasteiger partial charge in [-0.1, -0.05) is 0 Å². The molecule has 0 saturated carbocycles. The van der Waals surface area contributed by atoms with Crippen LogP contribution in [0.2, 0.25) is 0 Å². The van der Waals surface area contributed by atoms with Crippen molar-refractivity contribution in [2.75, 3.05) is 40.8 Å². The number of aliphatic imine (C=N–C) groups is 1. The number of carbonyl (C=O) groups excluding carboxylic acids is 1. The normalized spacial score (nSPS) is 12.7. The van der Waals surface area contributed by atoms with Gasteiger partial charge >= 0.3 is 5.97 Å². The molecule has 0 N–H and O–H groups in total. The molecule has 0 unspecified atom stereocenters. The molecule has 0 rings (SSSR count). The first-order valence-electron chi connectivity index (χ1n) is 5.81. The lowest BCUT2D eigenvalue weighted by atomic mass is 10.3. The van der Waals surface area contributed by atoms with Crippen LogP contribution in [-0.2, 0) is 9.53 Å². The highest BCUT2D eigenvalue weighted by atomic mass is 16.5. The molecule has 0 aromatic rings. The fourth-order valence-corrected chi connectivity index (χ4v) is 1.29. The summed E-state index contributed by atoms with van der Waals surface area (Å²) in [4.78, 5) is 15.5. The highest BCUT2D eigenvalue weighted by Gasteiger charge is 2.06. The lowest BCUT2D eigenvalue weighted by Crippen LogP contribution is -2.35. The van der Waals surface area contributed by atoms with Gasteiger partial charge in [-0.05, 0) is 13.8 Å². The van der Waals surface area contributed by atoms with Gasteiger partial charge in [0.1, 0.15) is 0 Å². The van der Waals surface area contributed by atoms with Crippen LogP contribution in [0.3, 0.4) is 0 Å². The second-order valence-corrected chi connectivity index (χ2v) is 4.97. The van der Waals surface area contributed by atoms with Crippen LogP contribution < -0.4 is 0 Å². The fourth-order valence-electron chi connectivity index (χ4n) is 1.29. The lowest BCUT2D eigenvalue weighted by Gasteiger charge is -2.23. The average Bonchev–Trinajstić information content (AvgIpc) is 2.11. The zero-order valence-electron chi connectivity index (χ0n) is 11.2. The van der Waals surface area contributed by atoms with Gasteiger partial charge < -0.3 is 9.22 Å². The molecule has 4 heteroatoms. The van der Waals surface area contributed by atoms with Crippen LogP contribution in [0.5, 0.6) is 0 Å². The molecule has 0 aliphatic heterocycles. The summed E-state index contributed by atoms with van der Waals surface area (Å²) in [6, 6.07) is 0. The summed E-state index contributed by atoms with van der Waals surface area (Å²) in [5.74, 6) is -0.185. The highest BCUT2D eigenvalue weighted by Crippen LogP contribution is 1.96. The molecule has 0 aromatic heterocycles. The van der Waals surface area contributed by atoms with E-state index in [-0.39, 0.29) is 5.97 Å². The van der Waals surface area contributed by atoms with Crippen molar-refractivity contribution < 1.29 is 14.0 Å². The van der Waals surface area contributed by atoms with Gasteiger partial charge in [-0.3, -0.25) is 9.79 Å². The van der Waals surface area contributed by atoms with E-state index in [4.69, 9.17) is 4.74 Å². The Balaban J connectivity index is 3.75. The van der Waals surface area contributed by atoms with Crippen molar-refractivity contribution in [1.82, 2.24) is 0 Å². The summed E-state index contributed by atoms with van der Waals surface area (Å²) in [6.45, 7) is 6.01. The van der Waals surface area contributed by atoms with Crippen molar-refractivity contribution in [3.05, 3.63) is 0 Å². The first kappa shape index (κ1) is 15.1. The maximum atomic E-state index is 11.1. The summed E-state index contributed by atoms with van der Waals surface area (Å²) in [7, 11) is 6.49. The fraction of sp³-hybridized carbons (Fsp3) is 0.833. The summed E-state index contributed by atoms with van der Waals surface area (Å²) < 4.78 is 5.80. The standard InChI is InChI=1S/C12H25N2O2/c1-6-16-12(15)10-11(2)13-8-7-9-14(3,4)5/h6-10H2,1-5H3/q+1. The molecule has 0 amide bonds. The monoisotopic (exact) mass is 229 g/mol. The Morgan fingerprint density at radius 1 is 1.31 bits per heavy atom. The molecule has 4 nitrogen and oxygen atoms in total. The van der Waals surface area contributed by atoms with E-state index in [1.54, 1.807) is 0 Å². The van der Waals surface area contributed by atoms with Gasteiger partial charge in [0.05, 0.1) is 40.7 Å². The molecule has 0 bridgehead atoms. The average molecular weight is 229 g/mol. The topological polar surface area (TPSA) is 38.7 Å². The van der Waals surface area contributed by atoms with E-state index in [1.165, 1.54) is 0 Å². The van der Waals surface area contributed by atoms with Gasteiger partial charge in [0.15, 0.2) is 0 Å². The van der Waals surface area contributed by atoms with Gasteiger partial charge in [-0.15, -0.1) is 0 Å². The van der Waals surface area contributed by atoms with Gasteiger partial charge in [-0.2, -0.15) is 0 Å². The minimum absolute atomic E-state index is 0.185. The smallest absolute Gasteiger partial charge is 0.311 e. The number of nitrogens with zero attached hydrogens (tertiary/aromatic N) is 2. The number of hydrogen-bond donors (Lipinski definition) is 0. The molecule has 0 atom stereocenters. The lowest BCUT2D eigenvalue weighted by molar-refractivity contribution is -0.870. The van der Waals surface area contributed by atoms with Crippen LogP contribution in [0.25, 0.3) is 0 Å². The maximum Gasteiger partial charge on any atom is 0.311 e. The van der Waals surface area contributed by atoms with Gasteiger partial charge in [-0.25, -0.2) is 0 Å². The SMILES string of the molecule is CCOC(=O)CC(C)=NCCC[N+](C)(C)C. The van der Waals surface area contributed by atoms with Gasteiger partial charge in [0.25, 0.3) is 0 Å². The quantitative estimate of drug-likeness (QED) is 0.287. The molecular weight excluding hydrogens is 204 g/mol. The number of esters is 1. The molecule has 0 aliphatic carbocycles. The Morgan fingerprint density at radius 3 is 2.44 bits per heavy atom. The summed E-state index contributed by atoms with van der Waals surface area (Å²) >= 11 is 0. The second kappa shape index (κ2) is 7.39. The Bertz CT molecular complexity index is 242. The van der Waals surface area contributed by atoms with E-state index in [0.717, 1.165) is 29.7 Å². The Morgan fingerprint density at radius 2 is 1.94 bits per heavy atom. The van der Waals surface area contributed by atoms with Crippen LogP contribution in [0.4, 0.5) is 0 Å². The summed E-state index contributed by atoms with van der Waals surface area (Å²) in [6.07, 6.45) is 1.36. The Labute approximate surface area is 98.9 Å². The Hall–Kier alpha value is -0.900. The molecule has 94 valence electrons. The van der Waals surface area contributed by atoms with Gasteiger partial charge in [0, 0.05) is 18.7 Å². The molecule has 0 aliphatic rings.